The number of rotatable bonds is 5. The second kappa shape index (κ2) is 7.76. The molecule has 1 aliphatic carbocycles. The first kappa shape index (κ1) is 21.6. The molecule has 0 atom stereocenters. The fourth-order valence-electron chi connectivity index (χ4n) is 3.05. The molecule has 0 saturated heterocycles. The topological polar surface area (TPSA) is 99.1 Å². The van der Waals surface area contributed by atoms with Gasteiger partial charge in [-0.2, -0.15) is 18.2 Å². The van der Waals surface area contributed by atoms with E-state index < -0.39 is 27.3 Å². The number of alkyl halides is 3. The van der Waals surface area contributed by atoms with E-state index in [1.165, 1.54) is 12.1 Å². The Morgan fingerprint density at radius 1 is 1.15 bits per heavy atom. The smallest absolute Gasteiger partial charge is 0.339 e. The molecule has 2 N–H and O–H groups in total. The van der Waals surface area contributed by atoms with Crippen molar-refractivity contribution in [2.45, 2.75) is 48.7 Å². The van der Waals surface area contributed by atoms with Gasteiger partial charge >= 0.3 is 6.18 Å². The third-order valence-electron chi connectivity index (χ3n) is 4.40. The fraction of sp³-hybridized carbons (Fsp3) is 0.500. The van der Waals surface area contributed by atoms with Crippen LogP contribution >= 0.6 is 12.4 Å². The highest BCUT2D eigenvalue weighted by Crippen LogP contribution is 2.34. The van der Waals surface area contributed by atoms with Crippen molar-refractivity contribution < 1.29 is 26.1 Å². The van der Waals surface area contributed by atoms with E-state index >= 15 is 0 Å². The lowest BCUT2D eigenvalue weighted by Gasteiger charge is -2.17. The number of nitrogens with two attached hydrogens (primary N) is 1. The van der Waals surface area contributed by atoms with E-state index in [1.807, 2.05) is 0 Å². The van der Waals surface area contributed by atoms with Gasteiger partial charge in [-0.15, -0.1) is 12.4 Å². The van der Waals surface area contributed by atoms with Crippen LogP contribution < -0.4 is 5.73 Å². The Bertz CT molecular complexity index is 876. The molecule has 11 heteroatoms. The van der Waals surface area contributed by atoms with Crippen LogP contribution in [0.1, 0.15) is 43.0 Å². The van der Waals surface area contributed by atoms with Crippen LogP contribution in [0.25, 0.3) is 0 Å². The molecule has 0 bridgehead atoms. The van der Waals surface area contributed by atoms with Gasteiger partial charge in [0, 0.05) is 0 Å². The largest absolute Gasteiger partial charge is 0.403 e. The zero-order valence-electron chi connectivity index (χ0n) is 14.2. The molecular formula is C16H19ClF3N3O3S. The number of sulfone groups is 1. The van der Waals surface area contributed by atoms with E-state index in [-0.39, 0.29) is 23.7 Å². The van der Waals surface area contributed by atoms with Crippen LogP contribution in [0.5, 0.6) is 0 Å². The molecule has 3 rings (SSSR count). The van der Waals surface area contributed by atoms with Crippen LogP contribution in [0.15, 0.2) is 33.7 Å². The summed E-state index contributed by atoms with van der Waals surface area (Å²) in [6, 6.07) is 5.16. The minimum absolute atomic E-state index is 0. The summed E-state index contributed by atoms with van der Waals surface area (Å²) in [5, 5.41) is 3.93. The van der Waals surface area contributed by atoms with Crippen molar-refractivity contribution in [1.82, 2.24) is 10.1 Å². The van der Waals surface area contributed by atoms with Crippen molar-refractivity contribution in [2.75, 3.05) is 5.75 Å². The van der Waals surface area contributed by atoms with Crippen LogP contribution in [0.3, 0.4) is 0 Å². The summed E-state index contributed by atoms with van der Waals surface area (Å²) in [4.78, 5) is 3.93. The van der Waals surface area contributed by atoms with Crippen molar-refractivity contribution in [3.8, 4) is 0 Å². The number of hydrogen-bond donors (Lipinski definition) is 1. The summed E-state index contributed by atoms with van der Waals surface area (Å²) < 4.78 is 65.7. The standard InChI is InChI=1S/C16H18F3N3O3S.ClH/c17-16(18,19)10-26(23,24)12-5-3-11(4-6-12)9-13-21-14(22-25-13)15(20)7-1-2-8-15;/h3-6H,1-2,7-10,20H2;1H. The number of benzene rings is 1. The van der Waals surface area contributed by atoms with Gasteiger partial charge in [0.25, 0.3) is 0 Å². The normalized spacial score (nSPS) is 16.9. The lowest BCUT2D eigenvalue weighted by molar-refractivity contribution is -0.106. The predicted molar refractivity (Wildman–Crippen MR) is 93.2 cm³/mol. The highest BCUT2D eigenvalue weighted by molar-refractivity contribution is 7.91. The SMILES string of the molecule is Cl.NC1(c2noc(Cc3ccc(S(=O)(=O)CC(F)(F)F)cc3)n2)CCCC1. The highest BCUT2D eigenvalue weighted by Gasteiger charge is 2.37. The van der Waals surface area contributed by atoms with Crippen LogP contribution in [-0.4, -0.2) is 30.5 Å². The minimum atomic E-state index is -4.78. The van der Waals surface area contributed by atoms with E-state index in [0.29, 0.717) is 17.3 Å². The molecule has 27 heavy (non-hydrogen) atoms. The molecule has 1 saturated carbocycles. The number of halogens is 4. The Morgan fingerprint density at radius 3 is 2.30 bits per heavy atom. The van der Waals surface area contributed by atoms with Crippen LogP contribution in [0, 0.1) is 0 Å². The van der Waals surface area contributed by atoms with Crippen molar-refractivity contribution >= 4 is 22.2 Å². The number of hydrogen-bond acceptors (Lipinski definition) is 6. The monoisotopic (exact) mass is 425 g/mol. The Kier molecular flexibility index (Phi) is 6.23. The molecule has 0 radical (unpaired) electrons. The predicted octanol–water partition coefficient (Wildman–Crippen LogP) is 3.15. The molecule has 0 aliphatic heterocycles. The second-order valence-electron chi connectivity index (χ2n) is 6.57. The summed E-state index contributed by atoms with van der Waals surface area (Å²) in [6.45, 7) is 0. The quantitative estimate of drug-likeness (QED) is 0.790. The Hall–Kier alpha value is -1.65. The van der Waals surface area contributed by atoms with E-state index in [4.69, 9.17) is 10.3 Å². The molecule has 6 nitrogen and oxygen atoms in total. The first-order valence-corrected chi connectivity index (χ1v) is 9.73. The van der Waals surface area contributed by atoms with Gasteiger partial charge < -0.3 is 10.3 Å². The van der Waals surface area contributed by atoms with Gasteiger partial charge in [0.1, 0.15) is 0 Å². The Balaban J connectivity index is 0.00000261. The van der Waals surface area contributed by atoms with Gasteiger partial charge in [0.05, 0.1) is 16.9 Å². The van der Waals surface area contributed by atoms with E-state index in [9.17, 15) is 21.6 Å². The van der Waals surface area contributed by atoms with Gasteiger partial charge in [-0.3, -0.25) is 0 Å². The maximum absolute atomic E-state index is 12.3. The van der Waals surface area contributed by atoms with Crippen LogP contribution in [0.4, 0.5) is 13.2 Å². The van der Waals surface area contributed by atoms with E-state index in [1.54, 1.807) is 0 Å². The lowest BCUT2D eigenvalue weighted by atomic mass is 9.99. The van der Waals surface area contributed by atoms with Gasteiger partial charge in [-0.05, 0) is 30.5 Å². The minimum Gasteiger partial charge on any atom is -0.339 e. The summed E-state index contributed by atoms with van der Waals surface area (Å²) in [5.41, 5.74) is 6.33. The van der Waals surface area contributed by atoms with Crippen molar-refractivity contribution in [2.24, 2.45) is 5.73 Å². The van der Waals surface area contributed by atoms with E-state index in [2.05, 4.69) is 10.1 Å². The first-order chi connectivity index (χ1) is 12.1. The maximum Gasteiger partial charge on any atom is 0.403 e. The fourth-order valence-corrected chi connectivity index (χ4v) is 4.19. The molecule has 150 valence electrons. The maximum atomic E-state index is 12.3. The summed E-state index contributed by atoms with van der Waals surface area (Å²) >= 11 is 0. The van der Waals surface area contributed by atoms with Gasteiger partial charge in [0.2, 0.25) is 5.89 Å². The van der Waals surface area contributed by atoms with Crippen LogP contribution in [0.2, 0.25) is 0 Å². The third-order valence-corrected chi connectivity index (χ3v) is 6.10. The molecule has 1 aromatic carbocycles. The average Bonchev–Trinajstić information content (AvgIpc) is 3.16. The lowest BCUT2D eigenvalue weighted by Crippen LogP contribution is -2.34. The molecule has 1 aliphatic rings. The van der Waals surface area contributed by atoms with Gasteiger partial charge in [0.15, 0.2) is 21.4 Å². The molecule has 0 unspecified atom stereocenters. The number of aromatic nitrogens is 2. The molecule has 1 fully saturated rings. The second-order valence-corrected chi connectivity index (χ2v) is 8.56. The molecule has 0 spiro atoms. The molecule has 0 amide bonds. The molecule has 2 aromatic rings. The first-order valence-electron chi connectivity index (χ1n) is 8.08. The zero-order valence-corrected chi connectivity index (χ0v) is 15.8. The molecular weight excluding hydrogens is 407 g/mol. The average molecular weight is 426 g/mol. The van der Waals surface area contributed by atoms with Crippen molar-refractivity contribution in [3.63, 3.8) is 0 Å². The third kappa shape index (κ3) is 5.20. The summed E-state index contributed by atoms with van der Waals surface area (Å²) in [7, 11) is -4.42. The zero-order chi connectivity index (χ0) is 19.0. The molecule has 1 heterocycles. The summed E-state index contributed by atoms with van der Waals surface area (Å²) in [6.07, 6.45) is -0.948. The highest BCUT2D eigenvalue weighted by atomic mass is 35.5. The van der Waals surface area contributed by atoms with Gasteiger partial charge in [-0.25, -0.2) is 8.42 Å². The van der Waals surface area contributed by atoms with Crippen molar-refractivity contribution in [3.05, 3.63) is 41.5 Å². The van der Waals surface area contributed by atoms with Gasteiger partial charge in [-0.1, -0.05) is 30.1 Å². The summed E-state index contributed by atoms with van der Waals surface area (Å²) in [5.74, 6) is -1.11. The molecule has 1 aromatic heterocycles. The van der Waals surface area contributed by atoms with Crippen molar-refractivity contribution in [1.29, 1.82) is 0 Å². The Morgan fingerprint density at radius 2 is 1.74 bits per heavy atom. The Labute approximate surface area is 160 Å². The van der Waals surface area contributed by atoms with Crippen LogP contribution in [-0.2, 0) is 21.8 Å². The van der Waals surface area contributed by atoms with E-state index in [0.717, 1.165) is 37.8 Å². The number of nitrogens with zero attached hydrogens (tertiary/aromatic N) is 2.